The number of hydrogen-bond acceptors (Lipinski definition) is 5. The van der Waals surface area contributed by atoms with Crippen LogP contribution in [0.3, 0.4) is 0 Å². The molecular formula is C16H11N3O2S2. The lowest BCUT2D eigenvalue weighted by molar-refractivity contribution is -0.119. The number of amides is 1. The van der Waals surface area contributed by atoms with Crippen molar-refractivity contribution in [3.63, 3.8) is 0 Å². The molecule has 0 N–H and O–H groups in total. The van der Waals surface area contributed by atoms with Crippen LogP contribution >= 0.6 is 22.7 Å². The predicted molar refractivity (Wildman–Crippen MR) is 91.1 cm³/mol. The Morgan fingerprint density at radius 3 is 2.87 bits per heavy atom. The Kier molecular flexibility index (Phi) is 3.29. The third-order valence-electron chi connectivity index (χ3n) is 4.02. The first kappa shape index (κ1) is 14.2. The minimum absolute atomic E-state index is 0.113. The van der Waals surface area contributed by atoms with Gasteiger partial charge in [0.05, 0.1) is 15.8 Å². The van der Waals surface area contributed by atoms with Crippen molar-refractivity contribution >= 4 is 43.8 Å². The van der Waals surface area contributed by atoms with E-state index in [1.807, 2.05) is 24.3 Å². The van der Waals surface area contributed by atoms with Crippen LogP contribution in [0.1, 0.15) is 18.0 Å². The molecule has 1 aliphatic rings. The zero-order valence-corrected chi connectivity index (χ0v) is 13.6. The molecule has 1 fully saturated rings. The number of nitrogens with zero attached hydrogens (tertiary/aromatic N) is 3. The molecule has 0 spiro atoms. The van der Waals surface area contributed by atoms with E-state index >= 15 is 0 Å². The lowest BCUT2D eigenvalue weighted by Gasteiger charge is -2.15. The molecule has 1 aliphatic heterocycles. The highest BCUT2D eigenvalue weighted by Gasteiger charge is 2.37. The van der Waals surface area contributed by atoms with E-state index in [1.54, 1.807) is 20.9 Å². The van der Waals surface area contributed by atoms with Gasteiger partial charge in [-0.05, 0) is 30.0 Å². The summed E-state index contributed by atoms with van der Waals surface area (Å²) in [6.07, 6.45) is 0.572. The summed E-state index contributed by atoms with van der Waals surface area (Å²) < 4.78 is 2.49. The van der Waals surface area contributed by atoms with Gasteiger partial charge in [-0.1, -0.05) is 23.5 Å². The lowest BCUT2D eigenvalue weighted by Crippen LogP contribution is -2.30. The number of thiophene rings is 1. The fourth-order valence-electron chi connectivity index (χ4n) is 2.98. The zero-order valence-electron chi connectivity index (χ0n) is 11.9. The van der Waals surface area contributed by atoms with Crippen molar-refractivity contribution in [2.24, 2.45) is 0 Å². The molecule has 23 heavy (non-hydrogen) atoms. The van der Waals surface area contributed by atoms with Gasteiger partial charge in [0.1, 0.15) is 17.1 Å². The fourth-order valence-corrected chi connectivity index (χ4v) is 4.79. The first-order valence-corrected chi connectivity index (χ1v) is 8.79. The number of aromatic nitrogens is 1. The van der Waals surface area contributed by atoms with Crippen molar-refractivity contribution in [3.05, 3.63) is 50.9 Å². The van der Waals surface area contributed by atoms with E-state index in [1.165, 1.54) is 11.3 Å². The molecule has 1 aromatic carbocycles. The van der Waals surface area contributed by atoms with Crippen molar-refractivity contribution < 1.29 is 4.79 Å². The van der Waals surface area contributed by atoms with E-state index < -0.39 is 6.04 Å². The third-order valence-corrected chi connectivity index (χ3v) is 5.89. The molecule has 7 heteroatoms. The zero-order chi connectivity index (χ0) is 16.0. The topological polar surface area (TPSA) is 66.1 Å². The molecule has 1 saturated heterocycles. The van der Waals surface area contributed by atoms with E-state index in [4.69, 9.17) is 5.26 Å². The van der Waals surface area contributed by atoms with E-state index in [-0.39, 0.29) is 10.8 Å². The number of anilines is 1. The Labute approximate surface area is 139 Å². The van der Waals surface area contributed by atoms with Gasteiger partial charge in [0.25, 0.3) is 5.91 Å². The van der Waals surface area contributed by atoms with Crippen LogP contribution in [0, 0.1) is 11.3 Å². The van der Waals surface area contributed by atoms with E-state index in [0.29, 0.717) is 23.5 Å². The maximum Gasteiger partial charge on any atom is 0.308 e. The molecule has 3 heterocycles. The highest BCUT2D eigenvalue weighted by atomic mass is 32.1. The smallest absolute Gasteiger partial charge is 0.301 e. The maximum atomic E-state index is 12.8. The molecular weight excluding hydrogens is 330 g/mol. The predicted octanol–water partition coefficient (Wildman–Crippen LogP) is 2.97. The van der Waals surface area contributed by atoms with Crippen molar-refractivity contribution in [1.82, 2.24) is 4.57 Å². The molecule has 1 amide bonds. The maximum absolute atomic E-state index is 12.8. The van der Waals surface area contributed by atoms with Gasteiger partial charge in [0, 0.05) is 6.54 Å². The molecule has 3 aromatic rings. The third kappa shape index (κ3) is 2.11. The number of hydrogen-bond donors (Lipinski definition) is 0. The van der Waals surface area contributed by atoms with E-state index in [0.717, 1.165) is 21.6 Å². The number of fused-ring (bicyclic) bond motifs is 1. The summed E-state index contributed by atoms with van der Waals surface area (Å²) in [6.45, 7) is 0.523. The fraction of sp³-hybridized carbons (Fsp3) is 0.188. The van der Waals surface area contributed by atoms with Gasteiger partial charge < -0.3 is 4.90 Å². The van der Waals surface area contributed by atoms with E-state index in [2.05, 4.69) is 6.07 Å². The molecule has 4 rings (SSSR count). The van der Waals surface area contributed by atoms with Crippen molar-refractivity contribution in [1.29, 1.82) is 5.26 Å². The normalized spacial score (nSPS) is 17.8. The van der Waals surface area contributed by atoms with Crippen LogP contribution in [0.5, 0.6) is 0 Å². The number of carbonyl (C=O) groups excluding carboxylic acids is 1. The number of para-hydroxylation sites is 1. The van der Waals surface area contributed by atoms with Crippen LogP contribution in [0.2, 0.25) is 0 Å². The molecule has 114 valence electrons. The van der Waals surface area contributed by atoms with Crippen LogP contribution in [-0.2, 0) is 4.79 Å². The average molecular weight is 341 g/mol. The highest BCUT2D eigenvalue weighted by Crippen LogP contribution is 2.35. The second-order valence-electron chi connectivity index (χ2n) is 5.25. The summed E-state index contributed by atoms with van der Waals surface area (Å²) in [6, 6.07) is 10.9. The lowest BCUT2D eigenvalue weighted by atomic mass is 10.2. The Balaban J connectivity index is 1.77. The molecule has 0 radical (unpaired) electrons. The standard InChI is InChI=1S/C16H11N3O2S2/c17-9-10-6-8-22-15(10)18-7-5-12(14(18)20)19-11-3-1-2-4-13(11)23-16(19)21/h1-4,6,8,12H,5,7H2/t12-/m1/s1. The highest BCUT2D eigenvalue weighted by molar-refractivity contribution is 7.16. The van der Waals surface area contributed by atoms with Crippen LogP contribution in [0.4, 0.5) is 5.00 Å². The minimum atomic E-state index is -0.493. The number of thiazole rings is 1. The van der Waals surface area contributed by atoms with Gasteiger partial charge >= 0.3 is 4.87 Å². The summed E-state index contributed by atoms with van der Waals surface area (Å²) in [4.78, 5) is 26.7. The molecule has 5 nitrogen and oxygen atoms in total. The van der Waals surface area contributed by atoms with Gasteiger partial charge in [0.2, 0.25) is 0 Å². The second-order valence-corrected chi connectivity index (χ2v) is 7.14. The molecule has 1 atom stereocenters. The molecule has 0 bridgehead atoms. The molecule has 2 aromatic heterocycles. The first-order valence-electron chi connectivity index (χ1n) is 7.10. The summed E-state index contributed by atoms with van der Waals surface area (Å²) in [5.74, 6) is -0.116. The summed E-state index contributed by atoms with van der Waals surface area (Å²) >= 11 is 2.54. The number of nitriles is 1. The van der Waals surface area contributed by atoms with Gasteiger partial charge in [-0.25, -0.2) is 0 Å². The van der Waals surface area contributed by atoms with Gasteiger partial charge in [-0.2, -0.15) is 5.26 Å². The van der Waals surface area contributed by atoms with Gasteiger partial charge in [-0.15, -0.1) is 11.3 Å². The summed E-state index contributed by atoms with van der Waals surface area (Å²) in [5.41, 5.74) is 1.31. The van der Waals surface area contributed by atoms with Crippen LogP contribution in [-0.4, -0.2) is 17.0 Å². The molecule has 0 saturated carbocycles. The Bertz CT molecular complexity index is 1010. The van der Waals surface area contributed by atoms with Gasteiger partial charge in [-0.3, -0.25) is 14.2 Å². The van der Waals surface area contributed by atoms with Crippen molar-refractivity contribution in [3.8, 4) is 6.07 Å². The minimum Gasteiger partial charge on any atom is -0.301 e. The summed E-state index contributed by atoms with van der Waals surface area (Å²) in [7, 11) is 0. The van der Waals surface area contributed by atoms with Crippen LogP contribution in [0.15, 0.2) is 40.5 Å². The Morgan fingerprint density at radius 1 is 1.22 bits per heavy atom. The Morgan fingerprint density at radius 2 is 2.04 bits per heavy atom. The largest absolute Gasteiger partial charge is 0.308 e. The van der Waals surface area contributed by atoms with E-state index in [9.17, 15) is 9.59 Å². The Hall–Kier alpha value is -2.43. The molecule has 0 unspecified atom stereocenters. The average Bonchev–Trinajstić information content (AvgIpc) is 3.23. The summed E-state index contributed by atoms with van der Waals surface area (Å²) in [5, 5.41) is 11.6. The number of benzene rings is 1. The van der Waals surface area contributed by atoms with Gasteiger partial charge in [0.15, 0.2) is 0 Å². The molecule has 0 aliphatic carbocycles. The first-order chi connectivity index (χ1) is 11.2. The number of rotatable bonds is 2. The van der Waals surface area contributed by atoms with Crippen molar-refractivity contribution in [2.75, 3.05) is 11.4 Å². The second kappa shape index (κ2) is 5.33. The monoisotopic (exact) mass is 341 g/mol. The van der Waals surface area contributed by atoms with Crippen LogP contribution in [0.25, 0.3) is 10.2 Å². The quantitative estimate of drug-likeness (QED) is 0.720. The number of carbonyl (C=O) groups is 1. The SMILES string of the molecule is N#Cc1ccsc1N1CC[C@@H](n2c(=O)sc3ccccc32)C1=O. The van der Waals surface area contributed by atoms with Crippen molar-refractivity contribution in [2.45, 2.75) is 12.5 Å². The van der Waals surface area contributed by atoms with Crippen LogP contribution < -0.4 is 9.77 Å².